The van der Waals surface area contributed by atoms with Crippen LogP contribution in [0.1, 0.15) is 25.3 Å². The SMILES string of the molecule is C[C@H]1CCCN([C@@]2(O)C(=O)Nc3ccc(Br)cc32)C1. The molecule has 0 radical (unpaired) electrons. The maximum absolute atomic E-state index is 12.3. The highest BCUT2D eigenvalue weighted by Gasteiger charge is 2.50. The first-order chi connectivity index (χ1) is 9.01. The first kappa shape index (κ1) is 13.1. The summed E-state index contributed by atoms with van der Waals surface area (Å²) in [7, 11) is 0. The van der Waals surface area contributed by atoms with Crippen LogP contribution in [0.2, 0.25) is 0 Å². The fraction of sp³-hybridized carbons (Fsp3) is 0.500. The number of hydrogen-bond donors (Lipinski definition) is 2. The van der Waals surface area contributed by atoms with Crippen LogP contribution in [0.4, 0.5) is 5.69 Å². The molecule has 0 aliphatic carbocycles. The van der Waals surface area contributed by atoms with E-state index in [2.05, 4.69) is 28.2 Å². The highest BCUT2D eigenvalue weighted by Crippen LogP contribution is 2.41. The third-order valence-corrected chi connectivity index (χ3v) is 4.53. The molecule has 2 heterocycles. The molecular weight excluding hydrogens is 308 g/mol. The van der Waals surface area contributed by atoms with Crippen molar-refractivity contribution in [1.29, 1.82) is 0 Å². The smallest absolute Gasteiger partial charge is 0.276 e. The van der Waals surface area contributed by atoms with Crippen LogP contribution in [-0.4, -0.2) is 29.0 Å². The molecule has 1 saturated heterocycles. The van der Waals surface area contributed by atoms with Crippen molar-refractivity contribution in [3.05, 3.63) is 28.2 Å². The number of likely N-dealkylation sites (tertiary alicyclic amines) is 1. The van der Waals surface area contributed by atoms with E-state index >= 15 is 0 Å². The second-order valence-corrected chi connectivity index (χ2v) is 6.43. The van der Waals surface area contributed by atoms with Crippen molar-refractivity contribution in [1.82, 2.24) is 4.90 Å². The third kappa shape index (κ3) is 2.00. The molecule has 0 saturated carbocycles. The number of piperidine rings is 1. The minimum Gasteiger partial charge on any atom is -0.364 e. The van der Waals surface area contributed by atoms with Crippen LogP contribution < -0.4 is 5.32 Å². The van der Waals surface area contributed by atoms with E-state index in [1.54, 1.807) is 0 Å². The number of amides is 1. The van der Waals surface area contributed by atoms with Crippen LogP contribution in [0.25, 0.3) is 0 Å². The van der Waals surface area contributed by atoms with Crippen molar-refractivity contribution < 1.29 is 9.90 Å². The van der Waals surface area contributed by atoms with Crippen molar-refractivity contribution in [2.75, 3.05) is 18.4 Å². The zero-order valence-corrected chi connectivity index (χ0v) is 12.4. The van der Waals surface area contributed by atoms with E-state index in [0.717, 1.165) is 30.4 Å². The molecule has 1 aromatic rings. The Bertz CT molecular complexity index is 534. The zero-order valence-electron chi connectivity index (χ0n) is 10.8. The summed E-state index contributed by atoms with van der Waals surface area (Å²) in [6.45, 7) is 3.65. The maximum Gasteiger partial charge on any atom is 0.276 e. The standard InChI is InChI=1S/C14H17BrN2O2/c1-9-3-2-6-17(8-9)14(19)11-7-10(15)4-5-12(11)16-13(14)18/h4-5,7,9,19H,2-3,6,8H2,1H3,(H,16,18)/t9-,14-/m0/s1. The fourth-order valence-electron chi connectivity index (χ4n) is 3.04. The summed E-state index contributed by atoms with van der Waals surface area (Å²) >= 11 is 3.40. The van der Waals surface area contributed by atoms with Crippen LogP contribution in [0.3, 0.4) is 0 Å². The summed E-state index contributed by atoms with van der Waals surface area (Å²) in [5.74, 6) is 0.163. The Morgan fingerprint density at radius 2 is 2.32 bits per heavy atom. The monoisotopic (exact) mass is 324 g/mol. The molecule has 1 fully saturated rings. The van der Waals surface area contributed by atoms with Gasteiger partial charge >= 0.3 is 0 Å². The van der Waals surface area contributed by atoms with Gasteiger partial charge in [0.05, 0.1) is 0 Å². The minimum absolute atomic E-state index is 0.338. The lowest BCUT2D eigenvalue weighted by atomic mass is 9.94. The van der Waals surface area contributed by atoms with Gasteiger partial charge < -0.3 is 10.4 Å². The number of fused-ring (bicyclic) bond motifs is 1. The van der Waals surface area contributed by atoms with Gasteiger partial charge in [-0.05, 0) is 37.0 Å². The molecule has 0 spiro atoms. The van der Waals surface area contributed by atoms with Crippen LogP contribution in [0, 0.1) is 5.92 Å². The zero-order chi connectivity index (χ0) is 13.6. The predicted molar refractivity (Wildman–Crippen MR) is 76.6 cm³/mol. The third-order valence-electron chi connectivity index (χ3n) is 4.04. The average molecular weight is 325 g/mol. The maximum atomic E-state index is 12.3. The van der Waals surface area contributed by atoms with Crippen molar-refractivity contribution in [2.24, 2.45) is 5.92 Å². The lowest BCUT2D eigenvalue weighted by Gasteiger charge is -2.39. The number of anilines is 1. The molecule has 102 valence electrons. The molecule has 1 amide bonds. The number of benzene rings is 1. The summed E-state index contributed by atoms with van der Waals surface area (Å²) in [6.07, 6.45) is 2.17. The molecule has 4 nitrogen and oxygen atoms in total. The highest BCUT2D eigenvalue weighted by atomic mass is 79.9. The van der Waals surface area contributed by atoms with Crippen LogP contribution in [0.5, 0.6) is 0 Å². The summed E-state index contributed by atoms with van der Waals surface area (Å²) in [5.41, 5.74) is -0.164. The first-order valence-electron chi connectivity index (χ1n) is 6.60. The number of rotatable bonds is 1. The largest absolute Gasteiger partial charge is 0.364 e. The number of aliphatic hydroxyl groups is 1. The van der Waals surface area contributed by atoms with E-state index < -0.39 is 5.72 Å². The van der Waals surface area contributed by atoms with Crippen LogP contribution in [-0.2, 0) is 10.5 Å². The minimum atomic E-state index is -1.52. The Hall–Kier alpha value is -0.910. The number of hydrogen-bond acceptors (Lipinski definition) is 3. The Labute approximate surface area is 120 Å². The van der Waals surface area contributed by atoms with Gasteiger partial charge in [0.25, 0.3) is 5.91 Å². The molecular formula is C14H17BrN2O2. The Morgan fingerprint density at radius 1 is 1.53 bits per heavy atom. The van der Waals surface area contributed by atoms with Crippen LogP contribution in [0.15, 0.2) is 22.7 Å². The first-order valence-corrected chi connectivity index (χ1v) is 7.40. The van der Waals surface area contributed by atoms with Gasteiger partial charge in [-0.1, -0.05) is 22.9 Å². The van der Waals surface area contributed by atoms with E-state index in [-0.39, 0.29) is 5.91 Å². The molecule has 0 bridgehead atoms. The molecule has 2 aliphatic rings. The number of halogens is 1. The Morgan fingerprint density at radius 3 is 3.05 bits per heavy atom. The van der Waals surface area contributed by atoms with E-state index in [1.807, 2.05) is 23.1 Å². The van der Waals surface area contributed by atoms with Gasteiger partial charge in [0.15, 0.2) is 0 Å². The summed E-state index contributed by atoms with van der Waals surface area (Å²) in [4.78, 5) is 14.1. The highest BCUT2D eigenvalue weighted by molar-refractivity contribution is 9.10. The van der Waals surface area contributed by atoms with E-state index in [0.29, 0.717) is 17.2 Å². The second-order valence-electron chi connectivity index (χ2n) is 5.51. The quantitative estimate of drug-likeness (QED) is 0.833. The fourth-order valence-corrected chi connectivity index (χ4v) is 3.40. The van der Waals surface area contributed by atoms with Gasteiger partial charge in [-0.15, -0.1) is 0 Å². The van der Waals surface area contributed by atoms with Crippen LogP contribution >= 0.6 is 15.9 Å². The number of nitrogens with one attached hydrogen (secondary N) is 1. The van der Waals surface area contributed by atoms with E-state index in [9.17, 15) is 9.90 Å². The summed E-state index contributed by atoms with van der Waals surface area (Å²) < 4.78 is 0.867. The number of carbonyl (C=O) groups is 1. The van der Waals surface area contributed by atoms with Crippen molar-refractivity contribution in [3.8, 4) is 0 Å². The number of nitrogens with zero attached hydrogens (tertiary/aromatic N) is 1. The van der Waals surface area contributed by atoms with Gasteiger partial charge in [0.2, 0.25) is 5.72 Å². The van der Waals surface area contributed by atoms with Gasteiger partial charge in [-0.2, -0.15) is 0 Å². The van der Waals surface area contributed by atoms with Gasteiger partial charge in [0.1, 0.15) is 0 Å². The molecule has 2 aliphatic heterocycles. The number of carbonyl (C=O) groups excluding carboxylic acids is 1. The van der Waals surface area contributed by atoms with Gasteiger partial charge in [-0.25, -0.2) is 0 Å². The van der Waals surface area contributed by atoms with Crippen molar-refractivity contribution in [3.63, 3.8) is 0 Å². The average Bonchev–Trinajstić information content (AvgIpc) is 2.63. The van der Waals surface area contributed by atoms with Crippen molar-refractivity contribution >= 4 is 27.5 Å². The molecule has 0 unspecified atom stereocenters. The van der Waals surface area contributed by atoms with Gasteiger partial charge in [0, 0.05) is 28.8 Å². The molecule has 19 heavy (non-hydrogen) atoms. The van der Waals surface area contributed by atoms with Gasteiger partial charge in [-0.3, -0.25) is 9.69 Å². The molecule has 3 rings (SSSR count). The summed E-state index contributed by atoms with van der Waals surface area (Å²) in [6, 6.07) is 5.51. The molecule has 5 heteroatoms. The lowest BCUT2D eigenvalue weighted by Crippen LogP contribution is -2.54. The lowest BCUT2D eigenvalue weighted by molar-refractivity contribution is -0.163. The Balaban J connectivity index is 2.03. The molecule has 1 aromatic carbocycles. The van der Waals surface area contributed by atoms with E-state index in [1.165, 1.54) is 0 Å². The topological polar surface area (TPSA) is 52.6 Å². The van der Waals surface area contributed by atoms with E-state index in [4.69, 9.17) is 0 Å². The van der Waals surface area contributed by atoms with Crippen molar-refractivity contribution in [2.45, 2.75) is 25.5 Å². The normalized spacial score (nSPS) is 31.1. The Kier molecular flexibility index (Phi) is 3.15. The second kappa shape index (κ2) is 4.58. The molecule has 2 N–H and O–H groups in total. The predicted octanol–water partition coefficient (Wildman–Crippen LogP) is 2.28. The molecule has 0 aromatic heterocycles. The summed E-state index contributed by atoms with van der Waals surface area (Å²) in [5, 5.41) is 13.7. The molecule has 2 atom stereocenters.